The van der Waals surface area contributed by atoms with Gasteiger partial charge in [0.15, 0.2) is 0 Å². The third kappa shape index (κ3) is 3.14. The molecule has 0 atom stereocenters. The molecule has 14 heavy (non-hydrogen) atoms. The van der Waals surface area contributed by atoms with Crippen molar-refractivity contribution in [2.24, 2.45) is 0 Å². The van der Waals surface area contributed by atoms with Crippen LogP contribution in [-0.2, 0) is 6.42 Å². The molecule has 0 aliphatic carbocycles. The molecule has 1 amide bonds. The van der Waals surface area contributed by atoms with Crippen LogP contribution in [0, 0.1) is 0 Å². The summed E-state index contributed by atoms with van der Waals surface area (Å²) >= 11 is 1.66. The summed E-state index contributed by atoms with van der Waals surface area (Å²) in [4.78, 5) is 12.8. The molecule has 1 aromatic heterocycles. The highest BCUT2D eigenvalue weighted by Crippen LogP contribution is 2.14. The zero-order chi connectivity index (χ0) is 10.4. The van der Waals surface area contributed by atoms with Crippen molar-refractivity contribution < 1.29 is 6.22 Å². The second kappa shape index (κ2) is 5.81. The maximum atomic E-state index is 11.5. The van der Waals surface area contributed by atoms with Crippen molar-refractivity contribution in [3.05, 3.63) is 21.9 Å². The summed E-state index contributed by atoms with van der Waals surface area (Å²) in [7, 11) is 0. The van der Waals surface area contributed by atoms with Gasteiger partial charge in [-0.2, -0.15) is 0 Å². The van der Waals surface area contributed by atoms with Gasteiger partial charge >= 0.3 is 0 Å². The van der Waals surface area contributed by atoms with Crippen LogP contribution in [0.2, 0.25) is 0 Å². The number of unbranched alkanes of at least 4 members (excludes halogenated alkanes) is 1. The molecule has 0 spiro atoms. The maximum absolute atomic E-state index is 11.5. The molecule has 1 heterocycles. The lowest BCUT2D eigenvalue weighted by atomic mass is 10.2. The molecule has 1 N–H and O–H groups in total. The predicted molar refractivity (Wildman–Crippen MR) is 63.1 cm³/mol. The van der Waals surface area contributed by atoms with Crippen molar-refractivity contribution in [1.82, 2.24) is 5.32 Å². The predicted octanol–water partition coefficient (Wildman–Crippen LogP) is 3.09. The van der Waals surface area contributed by atoms with E-state index in [1.165, 1.54) is 4.88 Å². The van der Waals surface area contributed by atoms with Crippen LogP contribution in [0.15, 0.2) is 11.4 Å². The van der Waals surface area contributed by atoms with E-state index >= 15 is 0 Å². The Hall–Kier alpha value is -0.830. The normalized spacial score (nSPS) is 10.1. The highest BCUT2D eigenvalue weighted by Gasteiger charge is 2.06. The van der Waals surface area contributed by atoms with E-state index in [1.54, 1.807) is 11.3 Å². The van der Waals surface area contributed by atoms with Gasteiger partial charge < -0.3 is 5.32 Å². The quantitative estimate of drug-likeness (QED) is 0.748. The minimum atomic E-state index is 0. The number of carbonyl (C=O) groups excluding carboxylic acids is 1. The topological polar surface area (TPSA) is 29.1 Å². The first kappa shape index (κ1) is 11.2. The highest BCUT2D eigenvalue weighted by molar-refractivity contribution is 7.10. The lowest BCUT2D eigenvalue weighted by Gasteiger charge is -2.00. The summed E-state index contributed by atoms with van der Waals surface area (Å²) in [6, 6.07) is 1.98. The van der Waals surface area contributed by atoms with Crippen molar-refractivity contribution in [3.8, 4) is 0 Å². The van der Waals surface area contributed by atoms with Crippen LogP contribution in [0.5, 0.6) is 0 Å². The molecule has 0 aliphatic heterocycles. The number of amides is 1. The average Bonchev–Trinajstić information content (AvgIpc) is 2.66. The van der Waals surface area contributed by atoms with Gasteiger partial charge in [-0.25, -0.2) is 0 Å². The lowest BCUT2D eigenvalue weighted by Crippen LogP contribution is -2.23. The fourth-order valence-corrected chi connectivity index (χ4v) is 1.98. The van der Waals surface area contributed by atoms with Gasteiger partial charge in [-0.05, 0) is 18.9 Å². The largest absolute Gasteiger partial charge is 0.352 e. The third-order valence-corrected chi connectivity index (χ3v) is 3.16. The molecular weight excluding hydrogens is 194 g/mol. The van der Waals surface area contributed by atoms with Crippen LogP contribution in [0.25, 0.3) is 0 Å². The van der Waals surface area contributed by atoms with Gasteiger partial charge in [0.2, 0.25) is 0 Å². The Bertz CT molecular complexity index is 299. The van der Waals surface area contributed by atoms with E-state index in [1.807, 2.05) is 11.4 Å². The molecule has 0 unspecified atom stereocenters. The first-order valence-corrected chi connectivity index (χ1v) is 6.01. The SMILES string of the molecule is CCCCNC(=O)c1csc(CC)c1.[HH]. The molecule has 2 nitrogen and oxygen atoms in total. The fourth-order valence-electron chi connectivity index (χ4n) is 1.17. The maximum Gasteiger partial charge on any atom is 0.252 e. The minimum Gasteiger partial charge on any atom is -0.352 e. The Morgan fingerprint density at radius 2 is 2.36 bits per heavy atom. The van der Waals surface area contributed by atoms with Crippen LogP contribution in [0.1, 0.15) is 43.4 Å². The van der Waals surface area contributed by atoms with Crippen molar-refractivity contribution in [2.75, 3.05) is 6.54 Å². The van der Waals surface area contributed by atoms with Gasteiger partial charge in [0, 0.05) is 18.2 Å². The smallest absolute Gasteiger partial charge is 0.252 e. The van der Waals surface area contributed by atoms with Crippen LogP contribution in [0.4, 0.5) is 0 Å². The summed E-state index contributed by atoms with van der Waals surface area (Å²) < 4.78 is 0. The Morgan fingerprint density at radius 1 is 1.57 bits per heavy atom. The number of aryl methyl sites for hydroxylation is 1. The molecule has 1 rings (SSSR count). The van der Waals surface area contributed by atoms with Crippen molar-refractivity contribution in [1.29, 1.82) is 0 Å². The molecule has 0 fully saturated rings. The lowest BCUT2D eigenvalue weighted by molar-refractivity contribution is 0.0953. The number of carbonyl (C=O) groups is 1. The molecule has 0 aromatic carbocycles. The number of hydrogen-bond donors (Lipinski definition) is 1. The minimum absolute atomic E-state index is 0. The van der Waals surface area contributed by atoms with E-state index in [0.717, 1.165) is 31.4 Å². The summed E-state index contributed by atoms with van der Waals surface area (Å²) in [5.74, 6) is 0.0643. The Morgan fingerprint density at radius 3 is 2.93 bits per heavy atom. The van der Waals surface area contributed by atoms with Crippen LogP contribution in [-0.4, -0.2) is 12.5 Å². The summed E-state index contributed by atoms with van der Waals surface area (Å²) in [6.07, 6.45) is 3.17. The monoisotopic (exact) mass is 213 g/mol. The van der Waals surface area contributed by atoms with Crippen LogP contribution < -0.4 is 5.32 Å². The van der Waals surface area contributed by atoms with Crippen molar-refractivity contribution in [2.45, 2.75) is 33.1 Å². The molecule has 80 valence electrons. The molecular formula is C11H19NOS. The Balaban J connectivity index is 0.00000196. The van der Waals surface area contributed by atoms with E-state index in [2.05, 4.69) is 19.2 Å². The zero-order valence-corrected chi connectivity index (χ0v) is 9.62. The molecule has 0 saturated heterocycles. The van der Waals surface area contributed by atoms with Crippen LogP contribution >= 0.6 is 11.3 Å². The molecule has 0 radical (unpaired) electrons. The zero-order valence-electron chi connectivity index (χ0n) is 8.80. The van der Waals surface area contributed by atoms with Gasteiger partial charge in [-0.15, -0.1) is 11.3 Å². The highest BCUT2D eigenvalue weighted by atomic mass is 32.1. The standard InChI is InChI=1S/C11H17NOS.H2/c1-3-5-6-12-11(13)9-7-10(4-2)14-8-9;/h7-8H,3-6H2,1-2H3,(H,12,13);1H. The number of nitrogens with one attached hydrogen (secondary N) is 1. The second-order valence-electron chi connectivity index (χ2n) is 3.26. The van der Waals surface area contributed by atoms with Gasteiger partial charge in [0.05, 0.1) is 5.56 Å². The van der Waals surface area contributed by atoms with Gasteiger partial charge in [-0.3, -0.25) is 4.79 Å². The summed E-state index contributed by atoms with van der Waals surface area (Å²) in [5, 5.41) is 4.84. The van der Waals surface area contributed by atoms with Gasteiger partial charge in [-0.1, -0.05) is 20.3 Å². The molecule has 1 aromatic rings. The number of thiophene rings is 1. The molecule has 3 heteroatoms. The summed E-state index contributed by atoms with van der Waals surface area (Å²) in [5.41, 5.74) is 0.808. The van der Waals surface area contributed by atoms with Gasteiger partial charge in [0.1, 0.15) is 0 Å². The van der Waals surface area contributed by atoms with E-state index in [9.17, 15) is 4.79 Å². The van der Waals surface area contributed by atoms with E-state index in [0.29, 0.717) is 0 Å². The second-order valence-corrected chi connectivity index (χ2v) is 4.26. The number of hydrogen-bond acceptors (Lipinski definition) is 2. The Labute approximate surface area is 90.8 Å². The summed E-state index contributed by atoms with van der Waals surface area (Å²) in [6.45, 7) is 5.00. The first-order chi connectivity index (χ1) is 6.77. The van der Waals surface area contributed by atoms with Gasteiger partial charge in [0.25, 0.3) is 5.91 Å². The van der Waals surface area contributed by atoms with Crippen molar-refractivity contribution in [3.63, 3.8) is 0 Å². The third-order valence-electron chi connectivity index (χ3n) is 2.08. The Kier molecular flexibility index (Phi) is 4.66. The molecule has 0 saturated carbocycles. The average molecular weight is 213 g/mol. The van der Waals surface area contributed by atoms with Crippen molar-refractivity contribution >= 4 is 17.2 Å². The van der Waals surface area contributed by atoms with E-state index in [4.69, 9.17) is 0 Å². The van der Waals surface area contributed by atoms with E-state index in [-0.39, 0.29) is 7.33 Å². The molecule has 0 bridgehead atoms. The number of rotatable bonds is 5. The molecule has 0 aliphatic rings. The van der Waals surface area contributed by atoms with Crippen LogP contribution in [0.3, 0.4) is 0 Å². The fraction of sp³-hybridized carbons (Fsp3) is 0.545. The first-order valence-electron chi connectivity index (χ1n) is 5.13. The van der Waals surface area contributed by atoms with E-state index < -0.39 is 0 Å².